The van der Waals surface area contributed by atoms with Crippen LogP contribution in [0, 0.1) is 16.7 Å². The van der Waals surface area contributed by atoms with Crippen molar-refractivity contribution in [1.29, 1.82) is 5.26 Å². The summed E-state index contributed by atoms with van der Waals surface area (Å²) in [5, 5.41) is 14.6. The van der Waals surface area contributed by atoms with Crippen LogP contribution in [0.25, 0.3) is 0 Å². The van der Waals surface area contributed by atoms with Crippen LogP contribution < -0.4 is 5.32 Å². The van der Waals surface area contributed by atoms with Crippen LogP contribution in [-0.4, -0.2) is 4.98 Å². The normalized spacial score (nSPS) is 12.7. The molecule has 0 saturated carbocycles. The lowest BCUT2D eigenvalue weighted by molar-refractivity contribution is 0.350. The molecular weight excluding hydrogens is 254 g/mol. The summed E-state index contributed by atoms with van der Waals surface area (Å²) in [6.45, 7) is 6.54. The quantitative estimate of drug-likeness (QED) is 0.909. The summed E-state index contributed by atoms with van der Waals surface area (Å²) in [5.74, 6) is 0.651. The molecule has 1 unspecified atom stereocenters. The number of hydrogen-bond acceptors (Lipinski definition) is 4. The third-order valence-electron chi connectivity index (χ3n) is 2.90. The van der Waals surface area contributed by atoms with Gasteiger partial charge in [0.15, 0.2) is 0 Å². The van der Waals surface area contributed by atoms with Gasteiger partial charge >= 0.3 is 0 Å². The Morgan fingerprint density at radius 3 is 2.68 bits per heavy atom. The molecule has 0 fully saturated rings. The first-order chi connectivity index (χ1) is 9.02. The van der Waals surface area contributed by atoms with E-state index in [2.05, 4.69) is 48.6 Å². The molecule has 3 nitrogen and oxygen atoms in total. The molecule has 2 aromatic rings. The number of thiophene rings is 1. The molecule has 0 bridgehead atoms. The molecule has 2 heterocycles. The van der Waals surface area contributed by atoms with Crippen LogP contribution >= 0.6 is 11.3 Å². The average molecular weight is 271 g/mol. The number of rotatable bonds is 3. The maximum Gasteiger partial charge on any atom is 0.144 e. The Hall–Kier alpha value is -1.86. The first-order valence-corrected chi connectivity index (χ1v) is 7.05. The summed E-state index contributed by atoms with van der Waals surface area (Å²) in [4.78, 5) is 5.54. The molecule has 0 saturated heterocycles. The Morgan fingerprint density at radius 1 is 1.32 bits per heavy atom. The minimum absolute atomic E-state index is 0.0368. The Balaban J connectivity index is 2.35. The lowest BCUT2D eigenvalue weighted by atomic mass is 9.85. The number of nitrogens with one attached hydrogen (secondary N) is 1. The summed E-state index contributed by atoms with van der Waals surface area (Å²) >= 11 is 1.72. The minimum atomic E-state index is 0.0368. The summed E-state index contributed by atoms with van der Waals surface area (Å²) < 4.78 is 0. The van der Waals surface area contributed by atoms with Crippen molar-refractivity contribution in [3.05, 3.63) is 46.3 Å². The standard InChI is InChI=1S/C15H17N3S/c1-15(2,3)13(12-7-5-9-19-12)18-14-11(10-16)6-4-8-17-14/h4-9,13H,1-3H3,(H,17,18). The van der Waals surface area contributed by atoms with E-state index < -0.39 is 0 Å². The zero-order valence-electron chi connectivity index (χ0n) is 11.3. The molecule has 0 aliphatic heterocycles. The van der Waals surface area contributed by atoms with Gasteiger partial charge in [-0.2, -0.15) is 5.26 Å². The predicted molar refractivity (Wildman–Crippen MR) is 79.1 cm³/mol. The van der Waals surface area contributed by atoms with Gasteiger partial charge in [0.1, 0.15) is 11.9 Å². The van der Waals surface area contributed by atoms with E-state index in [0.717, 1.165) is 0 Å². The highest BCUT2D eigenvalue weighted by Gasteiger charge is 2.27. The van der Waals surface area contributed by atoms with Gasteiger partial charge in [0.05, 0.1) is 11.6 Å². The first kappa shape index (κ1) is 13.6. The Bertz CT molecular complexity index is 576. The summed E-state index contributed by atoms with van der Waals surface area (Å²) in [6, 6.07) is 10.0. The second kappa shape index (κ2) is 5.41. The molecular formula is C15H17N3S. The second-order valence-corrected chi connectivity index (χ2v) is 6.45. The van der Waals surface area contributed by atoms with Crippen molar-refractivity contribution in [2.24, 2.45) is 5.41 Å². The van der Waals surface area contributed by atoms with Gasteiger partial charge in [-0.15, -0.1) is 11.3 Å². The van der Waals surface area contributed by atoms with Gasteiger partial charge in [-0.3, -0.25) is 0 Å². The topological polar surface area (TPSA) is 48.7 Å². The largest absolute Gasteiger partial charge is 0.361 e. The van der Waals surface area contributed by atoms with Crippen LogP contribution in [0.5, 0.6) is 0 Å². The van der Waals surface area contributed by atoms with Crippen LogP contribution in [0.15, 0.2) is 35.8 Å². The molecule has 2 aromatic heterocycles. The van der Waals surface area contributed by atoms with Crippen LogP contribution in [0.3, 0.4) is 0 Å². The van der Waals surface area contributed by atoms with Gasteiger partial charge in [0, 0.05) is 11.1 Å². The Kier molecular flexibility index (Phi) is 3.87. The number of hydrogen-bond donors (Lipinski definition) is 1. The molecule has 0 radical (unpaired) electrons. The van der Waals surface area contributed by atoms with E-state index >= 15 is 0 Å². The van der Waals surface area contributed by atoms with Gasteiger partial charge in [-0.05, 0) is 29.0 Å². The van der Waals surface area contributed by atoms with E-state index in [-0.39, 0.29) is 11.5 Å². The molecule has 4 heteroatoms. The van der Waals surface area contributed by atoms with Gasteiger partial charge in [-0.1, -0.05) is 26.8 Å². The summed E-state index contributed by atoms with van der Waals surface area (Å²) in [7, 11) is 0. The lowest BCUT2D eigenvalue weighted by Gasteiger charge is -2.31. The van der Waals surface area contributed by atoms with Gasteiger partial charge < -0.3 is 5.32 Å². The van der Waals surface area contributed by atoms with Crippen molar-refractivity contribution in [3.63, 3.8) is 0 Å². The van der Waals surface area contributed by atoms with Crippen molar-refractivity contribution < 1.29 is 0 Å². The lowest BCUT2D eigenvalue weighted by Crippen LogP contribution is -2.25. The maximum absolute atomic E-state index is 9.14. The van der Waals surface area contributed by atoms with Gasteiger partial charge in [-0.25, -0.2) is 4.98 Å². The van der Waals surface area contributed by atoms with Gasteiger partial charge in [0.2, 0.25) is 0 Å². The zero-order chi connectivity index (χ0) is 13.9. The number of pyridine rings is 1. The van der Waals surface area contributed by atoms with Crippen LogP contribution in [0.4, 0.5) is 5.82 Å². The van der Waals surface area contributed by atoms with Crippen molar-refractivity contribution in [1.82, 2.24) is 4.98 Å². The van der Waals surface area contributed by atoms with Crippen molar-refractivity contribution in [2.75, 3.05) is 5.32 Å². The van der Waals surface area contributed by atoms with E-state index in [1.807, 2.05) is 6.07 Å². The monoisotopic (exact) mass is 271 g/mol. The average Bonchev–Trinajstić information content (AvgIpc) is 2.88. The second-order valence-electron chi connectivity index (χ2n) is 5.47. The zero-order valence-corrected chi connectivity index (χ0v) is 12.2. The van der Waals surface area contributed by atoms with Gasteiger partial charge in [0.25, 0.3) is 0 Å². The van der Waals surface area contributed by atoms with E-state index in [1.54, 1.807) is 29.7 Å². The third kappa shape index (κ3) is 3.12. The number of anilines is 1. The molecule has 1 N–H and O–H groups in total. The molecule has 0 aliphatic rings. The van der Waals surface area contributed by atoms with E-state index in [9.17, 15) is 0 Å². The first-order valence-electron chi connectivity index (χ1n) is 6.17. The molecule has 98 valence electrons. The van der Waals surface area contributed by atoms with Crippen molar-refractivity contribution in [2.45, 2.75) is 26.8 Å². The highest BCUT2D eigenvalue weighted by molar-refractivity contribution is 7.10. The SMILES string of the molecule is CC(C)(C)C(Nc1ncccc1C#N)c1cccs1. The molecule has 19 heavy (non-hydrogen) atoms. The molecule has 0 aromatic carbocycles. The van der Waals surface area contributed by atoms with E-state index in [4.69, 9.17) is 5.26 Å². The molecule has 1 atom stereocenters. The summed E-state index contributed by atoms with van der Waals surface area (Å²) in [6.07, 6.45) is 1.71. The Morgan fingerprint density at radius 2 is 2.11 bits per heavy atom. The fourth-order valence-corrected chi connectivity index (χ4v) is 2.94. The Labute approximate surface area is 117 Å². The van der Waals surface area contributed by atoms with Crippen LogP contribution in [-0.2, 0) is 0 Å². The maximum atomic E-state index is 9.14. The molecule has 0 aliphatic carbocycles. The molecule has 2 rings (SSSR count). The van der Waals surface area contributed by atoms with Crippen LogP contribution in [0.1, 0.15) is 37.3 Å². The smallest absolute Gasteiger partial charge is 0.144 e. The minimum Gasteiger partial charge on any atom is -0.361 e. The molecule has 0 amide bonds. The number of nitriles is 1. The molecule has 0 spiro atoms. The number of nitrogens with zero attached hydrogens (tertiary/aromatic N) is 2. The number of aromatic nitrogens is 1. The van der Waals surface area contributed by atoms with Crippen molar-refractivity contribution in [3.8, 4) is 6.07 Å². The fourth-order valence-electron chi connectivity index (χ4n) is 1.92. The highest BCUT2D eigenvalue weighted by atomic mass is 32.1. The van der Waals surface area contributed by atoms with Crippen molar-refractivity contribution >= 4 is 17.2 Å². The fraction of sp³-hybridized carbons (Fsp3) is 0.333. The highest BCUT2D eigenvalue weighted by Crippen LogP contribution is 2.37. The van der Waals surface area contributed by atoms with Crippen LogP contribution in [0.2, 0.25) is 0 Å². The predicted octanol–water partition coefficient (Wildman–Crippen LogP) is 4.21. The van der Waals surface area contributed by atoms with E-state index in [0.29, 0.717) is 11.4 Å². The van der Waals surface area contributed by atoms with E-state index in [1.165, 1.54) is 4.88 Å². The summed E-state index contributed by atoms with van der Waals surface area (Å²) in [5.41, 5.74) is 0.614. The third-order valence-corrected chi connectivity index (χ3v) is 3.84.